The highest BCUT2D eigenvalue weighted by molar-refractivity contribution is 7.92. The van der Waals surface area contributed by atoms with Crippen molar-refractivity contribution >= 4 is 43.3 Å². The Bertz CT molecular complexity index is 1730. The van der Waals surface area contributed by atoms with Gasteiger partial charge in [-0.2, -0.15) is 0 Å². The molecule has 4 aromatic rings. The van der Waals surface area contributed by atoms with E-state index in [9.17, 15) is 21.6 Å². The van der Waals surface area contributed by atoms with Gasteiger partial charge in [0.2, 0.25) is 21.9 Å². The third kappa shape index (κ3) is 7.58. The number of hydrogen-bond donors (Lipinski definition) is 2. The molecule has 1 aromatic heterocycles. The van der Waals surface area contributed by atoms with Crippen LogP contribution in [0.3, 0.4) is 0 Å². The van der Waals surface area contributed by atoms with Crippen LogP contribution in [0.2, 0.25) is 0 Å². The summed E-state index contributed by atoms with van der Waals surface area (Å²) in [5.41, 5.74) is 1.78. The Morgan fingerprint density at radius 2 is 1.39 bits per heavy atom. The van der Waals surface area contributed by atoms with E-state index in [0.29, 0.717) is 22.9 Å². The molecule has 0 spiro atoms. The predicted molar refractivity (Wildman–Crippen MR) is 157 cm³/mol. The normalized spacial score (nSPS) is 12.3. The van der Waals surface area contributed by atoms with E-state index in [-0.39, 0.29) is 22.2 Å². The van der Waals surface area contributed by atoms with Crippen LogP contribution in [0.5, 0.6) is 11.5 Å². The number of nitrogens with zero attached hydrogens (tertiary/aromatic N) is 3. The fourth-order valence-corrected chi connectivity index (χ4v) is 6.13. The molecule has 41 heavy (non-hydrogen) atoms. The number of rotatable bonds is 10. The van der Waals surface area contributed by atoms with Crippen LogP contribution in [0.4, 0.5) is 17.3 Å². The zero-order valence-electron chi connectivity index (χ0n) is 22.8. The van der Waals surface area contributed by atoms with E-state index in [0.717, 1.165) is 10.6 Å². The molecule has 0 radical (unpaired) electrons. The number of amides is 1. The van der Waals surface area contributed by atoms with Crippen LogP contribution in [0.25, 0.3) is 0 Å². The fraction of sp³-hybridized carbons (Fsp3) is 0.179. The van der Waals surface area contributed by atoms with Gasteiger partial charge in [-0.1, -0.05) is 18.2 Å². The number of benzene rings is 3. The first-order valence-corrected chi connectivity index (χ1v) is 15.7. The average molecular weight is 596 g/mol. The lowest BCUT2D eigenvalue weighted by Gasteiger charge is -2.28. The van der Waals surface area contributed by atoms with Crippen LogP contribution in [0.15, 0.2) is 89.8 Å². The van der Waals surface area contributed by atoms with Crippen LogP contribution >= 0.6 is 0 Å². The van der Waals surface area contributed by atoms with Crippen LogP contribution in [0.1, 0.15) is 18.3 Å². The molecule has 0 aliphatic heterocycles. The zero-order valence-corrected chi connectivity index (χ0v) is 24.4. The largest absolute Gasteiger partial charge is 0.457 e. The lowest BCUT2D eigenvalue weighted by molar-refractivity contribution is -0.116. The molecule has 11 nitrogen and oxygen atoms in total. The molecule has 0 aliphatic rings. The quantitative estimate of drug-likeness (QED) is 0.273. The van der Waals surface area contributed by atoms with Crippen molar-refractivity contribution < 1.29 is 26.4 Å². The lowest BCUT2D eigenvalue weighted by atomic mass is 10.2. The number of sulfonamides is 2. The minimum absolute atomic E-state index is 0.0470. The molecule has 0 saturated heterocycles. The first kappa shape index (κ1) is 29.5. The van der Waals surface area contributed by atoms with E-state index >= 15 is 0 Å². The second-order valence-corrected chi connectivity index (χ2v) is 12.8. The van der Waals surface area contributed by atoms with Gasteiger partial charge >= 0.3 is 0 Å². The molecule has 1 amide bonds. The van der Waals surface area contributed by atoms with Gasteiger partial charge in [-0.05, 0) is 87.5 Å². The third-order valence-electron chi connectivity index (χ3n) is 5.80. The van der Waals surface area contributed by atoms with Crippen molar-refractivity contribution in [3.8, 4) is 11.5 Å². The Hall–Kier alpha value is -4.49. The monoisotopic (exact) mass is 595 g/mol. The summed E-state index contributed by atoms with van der Waals surface area (Å²) in [5.74, 6) is 0.465. The van der Waals surface area contributed by atoms with Gasteiger partial charge in [0.25, 0.3) is 10.0 Å². The lowest BCUT2D eigenvalue weighted by Crippen LogP contribution is -2.45. The molecule has 214 valence electrons. The highest BCUT2D eigenvalue weighted by Crippen LogP contribution is 2.27. The smallest absolute Gasteiger partial charge is 0.264 e. The molecule has 2 N–H and O–H groups in total. The van der Waals surface area contributed by atoms with Crippen molar-refractivity contribution in [1.29, 1.82) is 0 Å². The van der Waals surface area contributed by atoms with Crippen molar-refractivity contribution in [3.63, 3.8) is 0 Å². The van der Waals surface area contributed by atoms with Gasteiger partial charge in [-0.25, -0.2) is 31.5 Å². The standard InChI is InChI=1S/C28H29N5O6S2/c1-19-18-20(2)30-28(29-19)32-41(37,38)26-16-10-22(11-17-26)31-27(34)21(3)33(40(4,35)36)23-12-14-25(15-13-23)39-24-8-6-5-7-9-24/h5-18,21H,1-4H3,(H,31,34)(H,29,30,32)/t21-/m0/s1. The summed E-state index contributed by atoms with van der Waals surface area (Å²) in [7, 11) is -7.84. The van der Waals surface area contributed by atoms with E-state index in [1.165, 1.54) is 31.2 Å². The van der Waals surface area contributed by atoms with Gasteiger partial charge in [0, 0.05) is 17.1 Å². The summed E-state index contributed by atoms with van der Waals surface area (Å²) in [6.07, 6.45) is 1.01. The number of carbonyl (C=O) groups is 1. The van der Waals surface area contributed by atoms with Gasteiger partial charge in [0.15, 0.2) is 0 Å². The van der Waals surface area contributed by atoms with Gasteiger partial charge < -0.3 is 10.1 Å². The highest BCUT2D eigenvalue weighted by Gasteiger charge is 2.29. The molecule has 1 heterocycles. The van der Waals surface area contributed by atoms with Gasteiger partial charge in [-0.15, -0.1) is 0 Å². The van der Waals surface area contributed by atoms with Gasteiger partial charge in [-0.3, -0.25) is 9.10 Å². The van der Waals surface area contributed by atoms with E-state index in [1.807, 2.05) is 18.2 Å². The summed E-state index contributed by atoms with van der Waals surface area (Å²) in [6, 6.07) is 21.5. The van der Waals surface area contributed by atoms with Crippen molar-refractivity contribution in [2.24, 2.45) is 0 Å². The van der Waals surface area contributed by atoms with Crippen LogP contribution in [-0.4, -0.2) is 45.0 Å². The number of anilines is 3. The summed E-state index contributed by atoms with van der Waals surface area (Å²) in [5, 5.41) is 2.64. The maximum atomic E-state index is 13.1. The highest BCUT2D eigenvalue weighted by atomic mass is 32.2. The molecule has 0 saturated carbocycles. The van der Waals surface area contributed by atoms with E-state index in [1.54, 1.807) is 56.3 Å². The second kappa shape index (κ2) is 11.9. The molecule has 0 bridgehead atoms. The molecule has 4 rings (SSSR count). The maximum Gasteiger partial charge on any atom is 0.264 e. The predicted octanol–water partition coefficient (Wildman–Crippen LogP) is 4.48. The number of nitrogens with one attached hydrogen (secondary N) is 2. The SMILES string of the molecule is Cc1cc(C)nc(NS(=O)(=O)c2ccc(NC(=O)[C@H](C)N(c3ccc(Oc4ccccc4)cc3)S(C)(=O)=O)cc2)n1. The number of hydrogen-bond acceptors (Lipinski definition) is 8. The number of ether oxygens (including phenoxy) is 1. The molecule has 0 unspecified atom stereocenters. The first-order valence-electron chi connectivity index (χ1n) is 12.4. The third-order valence-corrected chi connectivity index (χ3v) is 8.38. The summed E-state index contributed by atoms with van der Waals surface area (Å²) < 4.78 is 60.0. The Morgan fingerprint density at radius 3 is 1.95 bits per heavy atom. The summed E-state index contributed by atoms with van der Waals surface area (Å²) in [6.45, 7) is 4.91. The van der Waals surface area contributed by atoms with Crippen LogP contribution < -0.4 is 19.1 Å². The minimum atomic E-state index is -3.99. The Morgan fingerprint density at radius 1 is 0.829 bits per heavy atom. The van der Waals surface area contributed by atoms with E-state index in [2.05, 4.69) is 20.0 Å². The molecule has 0 aliphatic carbocycles. The van der Waals surface area contributed by atoms with Crippen LogP contribution in [-0.2, 0) is 24.8 Å². The van der Waals surface area contributed by atoms with Crippen molar-refractivity contribution in [2.45, 2.75) is 31.7 Å². The summed E-state index contributed by atoms with van der Waals surface area (Å²) >= 11 is 0. The summed E-state index contributed by atoms with van der Waals surface area (Å²) in [4.78, 5) is 21.2. The Kier molecular flexibility index (Phi) is 8.59. The van der Waals surface area contributed by atoms with E-state index in [4.69, 9.17) is 4.74 Å². The maximum absolute atomic E-state index is 13.1. The molecule has 1 atom stereocenters. The first-order chi connectivity index (χ1) is 19.3. The number of carbonyl (C=O) groups excluding carboxylic acids is 1. The number of aryl methyl sites for hydroxylation is 2. The topological polar surface area (TPSA) is 148 Å². The Balaban J connectivity index is 1.46. The zero-order chi connectivity index (χ0) is 29.8. The minimum Gasteiger partial charge on any atom is -0.457 e. The van der Waals surface area contributed by atoms with Crippen molar-refractivity contribution in [3.05, 3.63) is 96.3 Å². The molecule has 0 fully saturated rings. The average Bonchev–Trinajstić information content (AvgIpc) is 2.89. The fourth-order valence-electron chi connectivity index (χ4n) is 4.01. The van der Waals surface area contributed by atoms with Gasteiger partial charge in [0.1, 0.15) is 17.5 Å². The van der Waals surface area contributed by atoms with Crippen molar-refractivity contribution in [1.82, 2.24) is 9.97 Å². The molecule has 13 heteroatoms. The van der Waals surface area contributed by atoms with Crippen molar-refractivity contribution in [2.75, 3.05) is 20.6 Å². The van der Waals surface area contributed by atoms with E-state index < -0.39 is 32.0 Å². The number of aromatic nitrogens is 2. The second-order valence-electron chi connectivity index (χ2n) is 9.24. The van der Waals surface area contributed by atoms with Crippen LogP contribution in [0, 0.1) is 13.8 Å². The molecular formula is C28H29N5O6S2. The molecular weight excluding hydrogens is 566 g/mol. The Labute approximate surface area is 239 Å². The molecule has 3 aromatic carbocycles. The van der Waals surface area contributed by atoms with Gasteiger partial charge in [0.05, 0.1) is 16.8 Å². The number of para-hydroxylation sites is 1.